The molecule has 0 saturated carbocycles. The Kier molecular flexibility index (Phi) is 5.96. The van der Waals surface area contributed by atoms with E-state index in [1.54, 1.807) is 39.8 Å². The summed E-state index contributed by atoms with van der Waals surface area (Å²) < 4.78 is 37.8. The molecule has 0 aliphatic heterocycles. The van der Waals surface area contributed by atoms with Crippen molar-refractivity contribution in [3.63, 3.8) is 0 Å². The minimum absolute atomic E-state index is 0.158. The lowest BCUT2D eigenvalue weighted by Gasteiger charge is -2.19. The average molecular weight is 396 g/mol. The lowest BCUT2D eigenvalue weighted by molar-refractivity contribution is 0.00617. The Bertz CT molecular complexity index is 970. The van der Waals surface area contributed by atoms with E-state index in [0.29, 0.717) is 11.1 Å². The molecular formula is C18H24N2O6S. The number of nitrogens with zero attached hydrogens (tertiary/aromatic N) is 1. The van der Waals surface area contributed by atoms with Gasteiger partial charge in [0, 0.05) is 6.20 Å². The second-order valence-electron chi connectivity index (χ2n) is 6.92. The second-order valence-corrected chi connectivity index (χ2v) is 8.85. The van der Waals surface area contributed by atoms with Crippen molar-refractivity contribution in [2.24, 2.45) is 0 Å². The van der Waals surface area contributed by atoms with Crippen LogP contribution in [0.5, 0.6) is 0 Å². The summed E-state index contributed by atoms with van der Waals surface area (Å²) in [5.74, 6) is -1.45. The molecule has 0 radical (unpaired) electrons. The molecule has 148 valence electrons. The molecule has 2 aromatic rings. The molecule has 27 heavy (non-hydrogen) atoms. The van der Waals surface area contributed by atoms with Gasteiger partial charge in [-0.2, -0.15) is 0 Å². The number of esters is 2. The van der Waals surface area contributed by atoms with Gasteiger partial charge in [-0.25, -0.2) is 22.7 Å². The average Bonchev–Trinajstić information content (AvgIpc) is 2.92. The normalized spacial score (nSPS) is 12.2. The third-order valence-corrected chi connectivity index (χ3v) is 4.94. The lowest BCUT2D eigenvalue weighted by atomic mass is 10.2. The van der Waals surface area contributed by atoms with Crippen LogP contribution in [0.4, 0.5) is 0 Å². The Morgan fingerprint density at radius 2 is 1.85 bits per heavy atom. The van der Waals surface area contributed by atoms with Gasteiger partial charge < -0.3 is 13.9 Å². The topological polar surface area (TPSA) is 103 Å². The first kappa shape index (κ1) is 20.9. The number of hydrogen-bond acceptors (Lipinski definition) is 6. The number of aromatic nitrogens is 1. The summed E-state index contributed by atoms with van der Waals surface area (Å²) in [6.07, 6.45) is 1.54. The molecule has 0 spiro atoms. The van der Waals surface area contributed by atoms with Crippen molar-refractivity contribution in [3.8, 4) is 0 Å². The zero-order chi connectivity index (χ0) is 20.4. The molecule has 1 N–H and O–H groups in total. The van der Waals surface area contributed by atoms with Gasteiger partial charge in [0.25, 0.3) is 0 Å². The molecule has 2 heterocycles. The first-order valence-corrected chi connectivity index (χ1v) is 10.1. The first-order chi connectivity index (χ1) is 12.5. The van der Waals surface area contributed by atoms with Gasteiger partial charge in [0.05, 0.1) is 23.4 Å². The quantitative estimate of drug-likeness (QED) is 0.750. The number of hydrogen-bond donors (Lipinski definition) is 1. The van der Waals surface area contributed by atoms with Gasteiger partial charge in [0.2, 0.25) is 10.0 Å². The number of sulfonamides is 1. The highest BCUT2D eigenvalue weighted by atomic mass is 32.2. The van der Waals surface area contributed by atoms with E-state index in [4.69, 9.17) is 9.47 Å². The molecule has 2 aromatic heterocycles. The van der Waals surface area contributed by atoms with Gasteiger partial charge in [-0.05, 0) is 58.5 Å². The molecule has 0 saturated heterocycles. The van der Waals surface area contributed by atoms with Crippen LogP contribution in [0.15, 0.2) is 24.4 Å². The van der Waals surface area contributed by atoms with Crippen LogP contribution in [0.25, 0.3) is 5.52 Å². The number of ether oxygens (including phenoxy) is 2. The molecule has 9 heteroatoms. The molecule has 0 unspecified atom stereocenters. The van der Waals surface area contributed by atoms with Gasteiger partial charge >= 0.3 is 11.9 Å². The number of carbonyl (C=O) groups excluding carboxylic acids is 2. The zero-order valence-corrected chi connectivity index (χ0v) is 16.8. The van der Waals surface area contributed by atoms with Gasteiger partial charge in [-0.15, -0.1) is 0 Å². The molecule has 0 aromatic carbocycles. The van der Waals surface area contributed by atoms with Crippen molar-refractivity contribution >= 4 is 27.5 Å². The van der Waals surface area contributed by atoms with Crippen molar-refractivity contribution in [3.05, 3.63) is 41.2 Å². The predicted octanol–water partition coefficient (Wildman–Crippen LogP) is 2.12. The number of rotatable bonds is 6. The Labute approximate surface area is 158 Å². The molecule has 8 nitrogen and oxygen atoms in total. The summed E-state index contributed by atoms with van der Waals surface area (Å²) in [5, 5.41) is 0. The molecule has 2 rings (SSSR count). The van der Waals surface area contributed by atoms with Gasteiger partial charge in [-0.3, -0.25) is 0 Å². The summed E-state index contributed by atoms with van der Waals surface area (Å²) in [7, 11) is -2.16. The van der Waals surface area contributed by atoms with Crippen molar-refractivity contribution in [1.29, 1.82) is 0 Å². The fraction of sp³-hybridized carbons (Fsp3) is 0.444. The van der Waals surface area contributed by atoms with E-state index >= 15 is 0 Å². The largest absolute Gasteiger partial charge is 0.462 e. The van der Waals surface area contributed by atoms with Crippen LogP contribution in [0.1, 0.15) is 54.1 Å². The Balaban J connectivity index is 2.59. The van der Waals surface area contributed by atoms with Crippen LogP contribution in [-0.4, -0.2) is 44.0 Å². The molecule has 0 atom stereocenters. The van der Waals surface area contributed by atoms with Crippen molar-refractivity contribution in [2.45, 2.75) is 39.0 Å². The Morgan fingerprint density at radius 1 is 1.19 bits per heavy atom. The molecule has 0 aliphatic rings. The highest BCUT2D eigenvalue weighted by molar-refractivity contribution is 7.88. The minimum Gasteiger partial charge on any atom is -0.462 e. The van der Waals surface area contributed by atoms with Gasteiger partial charge in [-0.1, -0.05) is 0 Å². The van der Waals surface area contributed by atoms with E-state index in [1.165, 1.54) is 23.7 Å². The molecule has 0 fully saturated rings. The first-order valence-electron chi connectivity index (χ1n) is 8.43. The number of carbonyl (C=O) groups is 2. The molecular weight excluding hydrogens is 372 g/mol. The summed E-state index contributed by atoms with van der Waals surface area (Å²) in [5.41, 5.74) is 0.466. The highest BCUT2D eigenvalue weighted by Crippen LogP contribution is 2.23. The van der Waals surface area contributed by atoms with E-state index in [2.05, 4.69) is 4.72 Å². The minimum atomic E-state index is -3.49. The number of nitrogens with one attached hydrogen (secondary N) is 1. The predicted molar refractivity (Wildman–Crippen MR) is 100 cm³/mol. The van der Waals surface area contributed by atoms with Crippen LogP contribution in [0, 0.1) is 0 Å². The van der Waals surface area contributed by atoms with Crippen LogP contribution >= 0.6 is 0 Å². The Morgan fingerprint density at radius 3 is 2.41 bits per heavy atom. The number of fused-ring (bicyclic) bond motifs is 1. The molecule has 0 amide bonds. The van der Waals surface area contributed by atoms with Crippen molar-refractivity contribution in [1.82, 2.24) is 9.12 Å². The summed E-state index contributed by atoms with van der Waals surface area (Å²) >= 11 is 0. The maximum atomic E-state index is 12.5. The maximum Gasteiger partial charge on any atom is 0.355 e. The maximum absolute atomic E-state index is 12.5. The van der Waals surface area contributed by atoms with E-state index in [1.807, 2.05) is 0 Å². The SMILES string of the molecule is CCOC(=O)c1cc(C(=O)OC(C)(C)C)n2ccc(CS(=O)(=O)NC)cc12. The van der Waals surface area contributed by atoms with Crippen LogP contribution in [-0.2, 0) is 25.2 Å². The molecule has 0 bridgehead atoms. The van der Waals surface area contributed by atoms with Crippen LogP contribution < -0.4 is 4.72 Å². The van der Waals surface area contributed by atoms with E-state index in [-0.39, 0.29) is 23.6 Å². The summed E-state index contributed by atoms with van der Waals surface area (Å²) in [4.78, 5) is 24.8. The fourth-order valence-electron chi connectivity index (χ4n) is 2.48. The van der Waals surface area contributed by atoms with Crippen LogP contribution in [0.2, 0.25) is 0 Å². The zero-order valence-electron chi connectivity index (χ0n) is 16.0. The lowest BCUT2D eigenvalue weighted by Crippen LogP contribution is -2.24. The second kappa shape index (κ2) is 7.69. The van der Waals surface area contributed by atoms with E-state index < -0.39 is 27.6 Å². The van der Waals surface area contributed by atoms with Crippen LogP contribution in [0.3, 0.4) is 0 Å². The van der Waals surface area contributed by atoms with Crippen molar-refractivity contribution in [2.75, 3.05) is 13.7 Å². The molecule has 0 aliphatic carbocycles. The third kappa shape index (κ3) is 5.08. The highest BCUT2D eigenvalue weighted by Gasteiger charge is 2.25. The van der Waals surface area contributed by atoms with Gasteiger partial charge in [0.15, 0.2) is 0 Å². The van der Waals surface area contributed by atoms with Crippen molar-refractivity contribution < 1.29 is 27.5 Å². The fourth-order valence-corrected chi connectivity index (χ4v) is 3.25. The smallest absolute Gasteiger partial charge is 0.355 e. The monoisotopic (exact) mass is 396 g/mol. The van der Waals surface area contributed by atoms with E-state index in [9.17, 15) is 18.0 Å². The van der Waals surface area contributed by atoms with Gasteiger partial charge in [0.1, 0.15) is 11.3 Å². The standard InChI is InChI=1S/C18H24N2O6S/c1-6-25-16(21)13-10-15(17(22)26-18(2,3)4)20-8-7-12(9-14(13)20)11-27(23,24)19-5/h7-10,19H,6,11H2,1-5H3. The third-order valence-electron chi connectivity index (χ3n) is 3.61. The summed E-state index contributed by atoms with van der Waals surface area (Å²) in [6.45, 7) is 7.08. The van der Waals surface area contributed by atoms with E-state index in [0.717, 1.165) is 0 Å². The summed E-state index contributed by atoms with van der Waals surface area (Å²) in [6, 6.07) is 4.53. The number of pyridine rings is 1. The Hall–Kier alpha value is -2.39.